The standard InChI is InChI=1S/C24H25F2N3O4S/c1-2-11-28(14-16-5-6-16)21(30)15-34-24-27-20(13-19-4-3-12-32-19)22(31)29(24)17-7-9-18(10-8-17)33-23(25)26/h3-4,7-10,12-13,16,23H,2,5-6,11,14-15H2,1H3/b20-13+. The lowest BCUT2D eigenvalue weighted by molar-refractivity contribution is -0.128. The number of hydrogen-bond donors (Lipinski definition) is 0. The predicted octanol–water partition coefficient (Wildman–Crippen LogP) is 5.01. The molecule has 0 atom stereocenters. The van der Waals surface area contributed by atoms with Crippen molar-refractivity contribution < 1.29 is 27.5 Å². The summed E-state index contributed by atoms with van der Waals surface area (Å²) in [7, 11) is 0. The Morgan fingerprint density at radius 1 is 1.32 bits per heavy atom. The molecule has 0 bridgehead atoms. The third-order valence-corrected chi connectivity index (χ3v) is 6.24. The number of halogens is 2. The first-order valence-corrected chi connectivity index (χ1v) is 12.1. The van der Waals surface area contributed by atoms with Crippen LogP contribution in [0.5, 0.6) is 5.75 Å². The zero-order valence-corrected chi connectivity index (χ0v) is 19.5. The molecule has 0 N–H and O–H groups in total. The van der Waals surface area contributed by atoms with Crippen LogP contribution in [0.15, 0.2) is 57.8 Å². The van der Waals surface area contributed by atoms with Gasteiger partial charge in [-0.25, -0.2) is 4.99 Å². The van der Waals surface area contributed by atoms with E-state index < -0.39 is 12.5 Å². The molecule has 1 saturated carbocycles. The average Bonchev–Trinajstić information content (AvgIpc) is 3.38. The number of alkyl halides is 2. The number of carbonyl (C=O) groups is 2. The van der Waals surface area contributed by atoms with Crippen LogP contribution in [0, 0.1) is 5.92 Å². The molecule has 2 aromatic rings. The van der Waals surface area contributed by atoms with Crippen LogP contribution in [0.1, 0.15) is 31.9 Å². The molecule has 2 aliphatic rings. The van der Waals surface area contributed by atoms with Crippen molar-refractivity contribution in [3.63, 3.8) is 0 Å². The van der Waals surface area contributed by atoms with Gasteiger partial charge in [0, 0.05) is 19.2 Å². The van der Waals surface area contributed by atoms with Gasteiger partial charge in [-0.15, -0.1) is 0 Å². The zero-order chi connectivity index (χ0) is 24.1. The Morgan fingerprint density at radius 2 is 2.09 bits per heavy atom. The number of aliphatic imine (C=N–C) groups is 1. The lowest BCUT2D eigenvalue weighted by Crippen LogP contribution is -2.36. The second kappa shape index (κ2) is 10.9. The van der Waals surface area contributed by atoms with Crippen molar-refractivity contribution >= 4 is 40.5 Å². The highest BCUT2D eigenvalue weighted by atomic mass is 32.2. The Hall–Kier alpha value is -3.14. The maximum Gasteiger partial charge on any atom is 0.387 e. The largest absolute Gasteiger partial charge is 0.465 e. The molecule has 1 aliphatic carbocycles. The molecular weight excluding hydrogens is 464 g/mol. The van der Waals surface area contributed by atoms with Gasteiger partial charge in [0.15, 0.2) is 5.17 Å². The molecule has 2 heterocycles. The molecule has 1 aliphatic heterocycles. The first kappa shape index (κ1) is 24.0. The first-order valence-electron chi connectivity index (χ1n) is 11.1. The predicted molar refractivity (Wildman–Crippen MR) is 127 cm³/mol. The van der Waals surface area contributed by atoms with Crippen molar-refractivity contribution in [1.29, 1.82) is 0 Å². The van der Waals surface area contributed by atoms with E-state index in [1.807, 2.05) is 11.8 Å². The van der Waals surface area contributed by atoms with Gasteiger partial charge in [-0.3, -0.25) is 14.5 Å². The van der Waals surface area contributed by atoms with E-state index in [1.165, 1.54) is 53.3 Å². The SMILES string of the molecule is CCCN(CC1CC1)C(=O)CSC1=N/C(=C/c2ccco2)C(=O)N1c1ccc(OC(F)F)cc1. The molecule has 10 heteroatoms. The summed E-state index contributed by atoms with van der Waals surface area (Å²) < 4.78 is 34.7. The van der Waals surface area contributed by atoms with Crippen molar-refractivity contribution in [2.24, 2.45) is 10.9 Å². The summed E-state index contributed by atoms with van der Waals surface area (Å²) in [4.78, 5) is 33.8. The van der Waals surface area contributed by atoms with E-state index in [9.17, 15) is 18.4 Å². The Morgan fingerprint density at radius 3 is 2.71 bits per heavy atom. The van der Waals surface area contributed by atoms with Crippen molar-refractivity contribution in [2.75, 3.05) is 23.7 Å². The van der Waals surface area contributed by atoms with Gasteiger partial charge in [0.2, 0.25) is 5.91 Å². The number of benzene rings is 1. The number of ether oxygens (including phenoxy) is 1. The van der Waals surface area contributed by atoms with Gasteiger partial charge in [0.25, 0.3) is 5.91 Å². The third-order valence-electron chi connectivity index (χ3n) is 5.32. The Kier molecular flexibility index (Phi) is 7.66. The molecule has 34 heavy (non-hydrogen) atoms. The molecule has 1 aromatic carbocycles. The number of thioether (sulfide) groups is 1. The van der Waals surface area contributed by atoms with E-state index in [0.717, 1.165) is 25.8 Å². The highest BCUT2D eigenvalue weighted by Gasteiger charge is 2.33. The minimum absolute atomic E-state index is 0.00186. The monoisotopic (exact) mass is 489 g/mol. The number of anilines is 1. The molecule has 7 nitrogen and oxygen atoms in total. The van der Waals surface area contributed by atoms with Crippen LogP contribution in [-0.2, 0) is 9.59 Å². The number of nitrogens with zero attached hydrogens (tertiary/aromatic N) is 3. The van der Waals surface area contributed by atoms with Crippen LogP contribution in [0.25, 0.3) is 6.08 Å². The van der Waals surface area contributed by atoms with Crippen molar-refractivity contribution in [2.45, 2.75) is 32.8 Å². The number of amidine groups is 1. The Labute approximate surface area is 200 Å². The van der Waals surface area contributed by atoms with Gasteiger partial charge in [0.1, 0.15) is 17.2 Å². The van der Waals surface area contributed by atoms with Gasteiger partial charge < -0.3 is 14.1 Å². The Balaban J connectivity index is 1.54. The fourth-order valence-corrected chi connectivity index (χ4v) is 4.44. The van der Waals surface area contributed by atoms with Gasteiger partial charge in [0.05, 0.1) is 17.7 Å². The average molecular weight is 490 g/mol. The summed E-state index contributed by atoms with van der Waals surface area (Å²) >= 11 is 1.17. The van der Waals surface area contributed by atoms with Crippen molar-refractivity contribution in [1.82, 2.24) is 4.90 Å². The minimum Gasteiger partial charge on any atom is -0.465 e. The van der Waals surface area contributed by atoms with E-state index in [2.05, 4.69) is 9.73 Å². The quantitative estimate of drug-likeness (QED) is 0.439. The highest BCUT2D eigenvalue weighted by molar-refractivity contribution is 8.14. The molecule has 1 aromatic heterocycles. The number of rotatable bonds is 10. The molecule has 4 rings (SSSR count). The molecule has 0 spiro atoms. The maximum atomic E-state index is 13.2. The summed E-state index contributed by atoms with van der Waals surface area (Å²) in [5, 5.41) is 0.335. The van der Waals surface area contributed by atoms with Crippen LogP contribution in [0.3, 0.4) is 0 Å². The number of carbonyl (C=O) groups excluding carboxylic acids is 2. The van der Waals surface area contributed by atoms with Crippen LogP contribution in [0.4, 0.5) is 14.5 Å². The highest BCUT2D eigenvalue weighted by Crippen LogP contribution is 2.32. The van der Waals surface area contributed by atoms with Crippen LogP contribution in [0.2, 0.25) is 0 Å². The van der Waals surface area contributed by atoms with E-state index in [0.29, 0.717) is 29.1 Å². The topological polar surface area (TPSA) is 75.4 Å². The first-order chi connectivity index (χ1) is 16.4. The molecular formula is C24H25F2N3O4S. The summed E-state index contributed by atoms with van der Waals surface area (Å²) in [6, 6.07) is 9.11. The fraction of sp³-hybridized carbons (Fsp3) is 0.375. The molecule has 2 amide bonds. The summed E-state index contributed by atoms with van der Waals surface area (Å²) in [5.74, 6) is 0.757. The maximum absolute atomic E-state index is 13.2. The number of hydrogen-bond acceptors (Lipinski definition) is 6. The van der Waals surface area contributed by atoms with Crippen molar-refractivity contribution in [3.8, 4) is 5.75 Å². The van der Waals surface area contributed by atoms with Gasteiger partial charge in [-0.2, -0.15) is 8.78 Å². The van der Waals surface area contributed by atoms with E-state index in [1.54, 1.807) is 12.1 Å². The molecule has 1 fully saturated rings. The van der Waals surface area contributed by atoms with Gasteiger partial charge in [-0.05, 0) is 61.6 Å². The lowest BCUT2D eigenvalue weighted by atomic mass is 10.2. The summed E-state index contributed by atoms with van der Waals surface area (Å²) in [6.45, 7) is 0.551. The number of amides is 2. The van der Waals surface area contributed by atoms with Crippen LogP contribution >= 0.6 is 11.8 Å². The van der Waals surface area contributed by atoms with E-state index in [4.69, 9.17) is 4.42 Å². The number of furan rings is 1. The van der Waals surface area contributed by atoms with E-state index >= 15 is 0 Å². The molecule has 0 unspecified atom stereocenters. The molecule has 180 valence electrons. The fourth-order valence-electron chi connectivity index (χ4n) is 3.52. The third kappa shape index (κ3) is 6.05. The van der Waals surface area contributed by atoms with Gasteiger partial charge >= 0.3 is 6.61 Å². The zero-order valence-electron chi connectivity index (χ0n) is 18.7. The second-order valence-electron chi connectivity index (χ2n) is 8.02. The minimum atomic E-state index is -2.94. The van der Waals surface area contributed by atoms with E-state index in [-0.39, 0.29) is 23.1 Å². The second-order valence-corrected chi connectivity index (χ2v) is 8.97. The molecule has 0 saturated heterocycles. The smallest absolute Gasteiger partial charge is 0.387 e. The lowest BCUT2D eigenvalue weighted by Gasteiger charge is -2.23. The van der Waals surface area contributed by atoms with Crippen molar-refractivity contribution in [3.05, 3.63) is 54.1 Å². The normalized spacial score (nSPS) is 16.9. The molecule has 0 radical (unpaired) electrons. The Bertz CT molecular complexity index is 1070. The summed E-state index contributed by atoms with van der Waals surface area (Å²) in [5.41, 5.74) is 0.581. The van der Waals surface area contributed by atoms with Crippen LogP contribution in [-0.4, -0.2) is 47.3 Å². The van der Waals surface area contributed by atoms with Crippen LogP contribution < -0.4 is 9.64 Å². The van der Waals surface area contributed by atoms with Gasteiger partial charge in [-0.1, -0.05) is 18.7 Å². The summed E-state index contributed by atoms with van der Waals surface area (Å²) in [6.07, 6.45) is 6.20.